The molecular formula is C19H24N2O. The van der Waals surface area contributed by atoms with Gasteiger partial charge in [0.05, 0.1) is 0 Å². The molecule has 2 aromatic rings. The Morgan fingerprint density at radius 1 is 0.955 bits per heavy atom. The maximum Gasteiger partial charge on any atom is 0.119 e. The third-order valence-corrected chi connectivity index (χ3v) is 4.16. The van der Waals surface area contributed by atoms with Crippen molar-refractivity contribution >= 4 is 5.69 Å². The quantitative estimate of drug-likeness (QED) is 0.853. The molecule has 1 aliphatic rings. The number of ether oxygens (including phenoxy) is 1. The summed E-state index contributed by atoms with van der Waals surface area (Å²) in [4.78, 5) is 0. The monoisotopic (exact) mass is 296 g/mol. The minimum atomic E-state index is 0.614. The molecule has 0 aliphatic carbocycles. The Morgan fingerprint density at radius 2 is 1.68 bits per heavy atom. The van der Waals surface area contributed by atoms with E-state index in [1.165, 1.54) is 24.1 Å². The highest BCUT2D eigenvalue weighted by atomic mass is 16.5. The lowest BCUT2D eigenvalue weighted by Gasteiger charge is -2.23. The van der Waals surface area contributed by atoms with Crippen molar-refractivity contribution in [3.05, 3.63) is 60.2 Å². The third kappa shape index (κ3) is 4.50. The maximum absolute atomic E-state index is 5.81. The second-order valence-electron chi connectivity index (χ2n) is 5.87. The Bertz CT molecular complexity index is 547. The Morgan fingerprint density at radius 3 is 2.41 bits per heavy atom. The van der Waals surface area contributed by atoms with Crippen molar-refractivity contribution in [1.29, 1.82) is 0 Å². The van der Waals surface area contributed by atoms with E-state index in [0.717, 1.165) is 31.3 Å². The van der Waals surface area contributed by atoms with Gasteiger partial charge < -0.3 is 15.4 Å². The molecular weight excluding hydrogens is 272 g/mol. The normalized spacial score (nSPS) is 15.5. The van der Waals surface area contributed by atoms with Crippen LogP contribution in [-0.2, 0) is 6.61 Å². The molecule has 0 radical (unpaired) electrons. The van der Waals surface area contributed by atoms with E-state index in [9.17, 15) is 0 Å². The van der Waals surface area contributed by atoms with Crippen LogP contribution < -0.4 is 15.4 Å². The van der Waals surface area contributed by atoms with Crippen LogP contribution >= 0.6 is 0 Å². The van der Waals surface area contributed by atoms with Crippen LogP contribution in [0.25, 0.3) is 0 Å². The second-order valence-corrected chi connectivity index (χ2v) is 5.87. The van der Waals surface area contributed by atoms with Crippen LogP contribution in [0.5, 0.6) is 5.75 Å². The van der Waals surface area contributed by atoms with E-state index in [4.69, 9.17) is 4.74 Å². The predicted molar refractivity (Wildman–Crippen MR) is 91.3 cm³/mol. The fraction of sp³-hybridized carbons (Fsp3) is 0.368. The van der Waals surface area contributed by atoms with Crippen LogP contribution in [0.15, 0.2) is 54.6 Å². The van der Waals surface area contributed by atoms with E-state index < -0.39 is 0 Å². The van der Waals surface area contributed by atoms with E-state index in [-0.39, 0.29) is 0 Å². The second kappa shape index (κ2) is 7.85. The number of hydrogen-bond acceptors (Lipinski definition) is 3. The summed E-state index contributed by atoms with van der Waals surface area (Å²) in [5.41, 5.74) is 2.36. The molecule has 0 unspecified atom stereocenters. The van der Waals surface area contributed by atoms with Gasteiger partial charge in [-0.3, -0.25) is 0 Å². The molecule has 0 bridgehead atoms. The summed E-state index contributed by atoms with van der Waals surface area (Å²) in [5, 5.41) is 6.94. The highest BCUT2D eigenvalue weighted by molar-refractivity contribution is 5.46. The van der Waals surface area contributed by atoms with Crippen molar-refractivity contribution < 1.29 is 4.74 Å². The summed E-state index contributed by atoms with van der Waals surface area (Å²) in [7, 11) is 0. The molecule has 22 heavy (non-hydrogen) atoms. The first-order valence-corrected chi connectivity index (χ1v) is 8.11. The van der Waals surface area contributed by atoms with Crippen LogP contribution in [-0.4, -0.2) is 19.6 Å². The first-order valence-electron chi connectivity index (χ1n) is 8.11. The van der Waals surface area contributed by atoms with Gasteiger partial charge in [0, 0.05) is 12.2 Å². The molecule has 0 saturated carbocycles. The molecule has 1 fully saturated rings. The molecule has 3 rings (SSSR count). The Kier molecular flexibility index (Phi) is 5.32. The lowest BCUT2D eigenvalue weighted by atomic mass is 9.98. The van der Waals surface area contributed by atoms with Crippen molar-refractivity contribution in [2.75, 3.05) is 25.0 Å². The van der Waals surface area contributed by atoms with E-state index >= 15 is 0 Å². The largest absolute Gasteiger partial charge is 0.489 e. The first kappa shape index (κ1) is 14.9. The lowest BCUT2D eigenvalue weighted by molar-refractivity contribution is 0.306. The van der Waals surface area contributed by atoms with Crippen molar-refractivity contribution in [1.82, 2.24) is 5.32 Å². The van der Waals surface area contributed by atoms with Gasteiger partial charge in [0.1, 0.15) is 12.4 Å². The van der Waals surface area contributed by atoms with Gasteiger partial charge in [-0.15, -0.1) is 0 Å². The molecule has 0 amide bonds. The standard InChI is InChI=1S/C19H24N2O/c1-2-4-17(5-3-1)15-22-19-8-6-18(7-9-19)21-14-16-10-12-20-13-11-16/h1-9,16,20-21H,10-15H2. The van der Waals surface area contributed by atoms with Crippen LogP contribution in [0.3, 0.4) is 0 Å². The summed E-state index contributed by atoms with van der Waals surface area (Å²) in [5.74, 6) is 1.70. The zero-order valence-electron chi connectivity index (χ0n) is 12.9. The number of rotatable bonds is 6. The number of benzene rings is 2. The summed E-state index contributed by atoms with van der Waals surface area (Å²) in [6.07, 6.45) is 2.54. The molecule has 1 heterocycles. The first-order chi connectivity index (χ1) is 10.9. The van der Waals surface area contributed by atoms with Gasteiger partial charge in [-0.2, -0.15) is 0 Å². The molecule has 0 spiro atoms. The number of hydrogen-bond donors (Lipinski definition) is 2. The summed E-state index contributed by atoms with van der Waals surface area (Å²) >= 11 is 0. The minimum Gasteiger partial charge on any atom is -0.489 e. The van der Waals surface area contributed by atoms with E-state index in [1.807, 2.05) is 30.3 Å². The Hall–Kier alpha value is -2.00. The van der Waals surface area contributed by atoms with Gasteiger partial charge in [-0.1, -0.05) is 30.3 Å². The van der Waals surface area contributed by atoms with Crippen LogP contribution in [0.2, 0.25) is 0 Å². The van der Waals surface area contributed by atoms with Gasteiger partial charge in [-0.05, 0) is 61.7 Å². The van der Waals surface area contributed by atoms with Gasteiger partial charge in [0.15, 0.2) is 0 Å². The summed E-state index contributed by atoms with van der Waals surface area (Å²) in [6.45, 7) is 3.98. The lowest BCUT2D eigenvalue weighted by Crippen LogP contribution is -2.31. The van der Waals surface area contributed by atoms with E-state index in [0.29, 0.717) is 6.61 Å². The number of nitrogens with one attached hydrogen (secondary N) is 2. The Labute approximate surface area is 132 Å². The highest BCUT2D eigenvalue weighted by Crippen LogP contribution is 2.18. The van der Waals surface area contributed by atoms with Gasteiger partial charge in [-0.25, -0.2) is 0 Å². The molecule has 116 valence electrons. The van der Waals surface area contributed by atoms with Crippen LogP contribution in [0.4, 0.5) is 5.69 Å². The average molecular weight is 296 g/mol. The molecule has 2 aromatic carbocycles. The molecule has 3 nitrogen and oxygen atoms in total. The van der Waals surface area contributed by atoms with Crippen molar-refractivity contribution in [3.63, 3.8) is 0 Å². The topological polar surface area (TPSA) is 33.3 Å². The van der Waals surface area contributed by atoms with Gasteiger partial charge in [0.2, 0.25) is 0 Å². The number of anilines is 1. The maximum atomic E-state index is 5.81. The number of piperidine rings is 1. The average Bonchev–Trinajstić information content (AvgIpc) is 2.61. The van der Waals surface area contributed by atoms with E-state index in [1.54, 1.807) is 0 Å². The molecule has 1 aliphatic heterocycles. The van der Waals surface area contributed by atoms with Crippen LogP contribution in [0, 0.1) is 5.92 Å². The van der Waals surface area contributed by atoms with Gasteiger partial charge >= 0.3 is 0 Å². The van der Waals surface area contributed by atoms with E-state index in [2.05, 4.69) is 34.9 Å². The van der Waals surface area contributed by atoms with Crippen molar-refractivity contribution in [2.24, 2.45) is 5.92 Å². The zero-order valence-corrected chi connectivity index (χ0v) is 12.9. The SMILES string of the molecule is c1ccc(COc2ccc(NCC3CCNCC3)cc2)cc1. The van der Waals surface area contributed by atoms with Crippen molar-refractivity contribution in [2.45, 2.75) is 19.4 Å². The highest BCUT2D eigenvalue weighted by Gasteiger charge is 2.12. The predicted octanol–water partition coefficient (Wildman–Crippen LogP) is 3.68. The molecule has 0 aromatic heterocycles. The minimum absolute atomic E-state index is 0.614. The zero-order chi connectivity index (χ0) is 15.0. The third-order valence-electron chi connectivity index (χ3n) is 4.16. The van der Waals surface area contributed by atoms with Crippen molar-refractivity contribution in [3.8, 4) is 5.75 Å². The molecule has 3 heteroatoms. The van der Waals surface area contributed by atoms with Crippen LogP contribution in [0.1, 0.15) is 18.4 Å². The summed E-state index contributed by atoms with van der Waals surface area (Å²) < 4.78 is 5.81. The fourth-order valence-electron chi connectivity index (χ4n) is 2.76. The van der Waals surface area contributed by atoms with Gasteiger partial charge in [0.25, 0.3) is 0 Å². The molecule has 0 atom stereocenters. The fourth-order valence-corrected chi connectivity index (χ4v) is 2.76. The Balaban J connectivity index is 1.45. The molecule has 1 saturated heterocycles. The molecule has 2 N–H and O–H groups in total. The smallest absolute Gasteiger partial charge is 0.119 e. The summed E-state index contributed by atoms with van der Waals surface area (Å²) in [6, 6.07) is 18.5.